The predicted molar refractivity (Wildman–Crippen MR) is 112 cm³/mol. The van der Waals surface area contributed by atoms with E-state index in [1.165, 1.54) is 27.4 Å². The summed E-state index contributed by atoms with van der Waals surface area (Å²) < 4.78 is 16.0. The number of halogens is 2. The summed E-state index contributed by atoms with van der Waals surface area (Å²) in [5.74, 6) is -0.706. The summed E-state index contributed by atoms with van der Waals surface area (Å²) >= 11 is 5.90. The maximum Gasteiger partial charge on any atom is 0.351 e. The number of hydrogen-bond donors (Lipinski definition) is 1. The zero-order valence-electron chi connectivity index (χ0n) is 16.0. The minimum Gasteiger partial charge on any atom is -0.352 e. The molecule has 1 N–H and O–H groups in total. The molecule has 0 bridgehead atoms. The first-order chi connectivity index (χ1) is 13.8. The Morgan fingerprint density at radius 3 is 2.55 bits per heavy atom. The molecule has 0 radical (unpaired) electrons. The summed E-state index contributed by atoms with van der Waals surface area (Å²) in [5, 5.41) is 7.04. The first-order valence-corrected chi connectivity index (χ1v) is 9.35. The van der Waals surface area contributed by atoms with Crippen molar-refractivity contribution >= 4 is 23.6 Å². The molecule has 0 fully saturated rings. The highest BCUT2D eigenvalue weighted by Gasteiger charge is 2.19. The molecule has 0 aliphatic heterocycles. The lowest BCUT2D eigenvalue weighted by atomic mass is 10.2. The molecule has 29 heavy (non-hydrogen) atoms. The van der Waals surface area contributed by atoms with Crippen LogP contribution in [0.4, 0.5) is 4.39 Å². The van der Waals surface area contributed by atoms with Crippen LogP contribution in [0.3, 0.4) is 0 Å². The fourth-order valence-corrected chi connectivity index (χ4v) is 3.00. The Kier molecular flexibility index (Phi) is 5.98. The van der Waals surface area contributed by atoms with Gasteiger partial charge in [0.2, 0.25) is 5.91 Å². The SMILES string of the molecule is C=Cc1ccc(-n2nc(-c3ccc(F)c(Cl)c3)n(CC(=O)NC(C)C)c2=O)cc1. The van der Waals surface area contributed by atoms with E-state index in [1.807, 2.05) is 13.8 Å². The second-order valence-corrected chi connectivity index (χ2v) is 7.16. The van der Waals surface area contributed by atoms with E-state index in [1.54, 1.807) is 30.3 Å². The van der Waals surface area contributed by atoms with Gasteiger partial charge in [-0.05, 0) is 49.7 Å². The second-order valence-electron chi connectivity index (χ2n) is 6.75. The molecule has 1 heterocycles. The Morgan fingerprint density at radius 1 is 1.28 bits per heavy atom. The van der Waals surface area contributed by atoms with Gasteiger partial charge in [-0.3, -0.25) is 9.36 Å². The van der Waals surface area contributed by atoms with Gasteiger partial charge in [0.25, 0.3) is 0 Å². The van der Waals surface area contributed by atoms with E-state index in [2.05, 4.69) is 17.0 Å². The van der Waals surface area contributed by atoms with E-state index in [4.69, 9.17) is 11.6 Å². The normalized spacial score (nSPS) is 10.9. The van der Waals surface area contributed by atoms with E-state index in [9.17, 15) is 14.0 Å². The lowest BCUT2D eigenvalue weighted by Gasteiger charge is -2.10. The van der Waals surface area contributed by atoms with Crippen molar-refractivity contribution in [3.8, 4) is 17.1 Å². The molecule has 3 aromatic rings. The highest BCUT2D eigenvalue weighted by atomic mass is 35.5. The Labute approximate surface area is 172 Å². The largest absolute Gasteiger partial charge is 0.352 e. The van der Waals surface area contributed by atoms with Crippen molar-refractivity contribution in [1.82, 2.24) is 19.7 Å². The Morgan fingerprint density at radius 2 is 1.97 bits per heavy atom. The van der Waals surface area contributed by atoms with Crippen LogP contribution >= 0.6 is 11.6 Å². The summed E-state index contributed by atoms with van der Waals surface area (Å²) in [6.07, 6.45) is 1.69. The molecule has 0 unspecified atom stereocenters. The Bertz CT molecular complexity index is 1120. The predicted octanol–water partition coefficient (Wildman–Crippen LogP) is 3.66. The zero-order valence-corrected chi connectivity index (χ0v) is 16.8. The van der Waals surface area contributed by atoms with Gasteiger partial charge in [-0.15, -0.1) is 5.10 Å². The van der Waals surface area contributed by atoms with E-state index < -0.39 is 11.5 Å². The summed E-state index contributed by atoms with van der Waals surface area (Å²) in [7, 11) is 0. The van der Waals surface area contributed by atoms with Crippen LogP contribution in [-0.2, 0) is 11.3 Å². The molecule has 150 valence electrons. The van der Waals surface area contributed by atoms with Gasteiger partial charge in [0, 0.05) is 11.6 Å². The van der Waals surface area contributed by atoms with E-state index >= 15 is 0 Å². The number of carbonyl (C=O) groups is 1. The molecular formula is C21H20ClFN4O2. The molecule has 1 amide bonds. The fraction of sp³-hybridized carbons (Fsp3) is 0.190. The van der Waals surface area contributed by atoms with Gasteiger partial charge in [-0.1, -0.05) is 36.4 Å². The van der Waals surface area contributed by atoms with Crippen molar-refractivity contribution in [3.05, 3.63) is 75.9 Å². The van der Waals surface area contributed by atoms with Crippen LogP contribution in [0.25, 0.3) is 23.2 Å². The van der Waals surface area contributed by atoms with E-state index in [0.717, 1.165) is 5.56 Å². The lowest BCUT2D eigenvalue weighted by Crippen LogP contribution is -2.36. The molecule has 0 spiro atoms. The third kappa shape index (κ3) is 4.46. The summed E-state index contributed by atoms with van der Waals surface area (Å²) in [6, 6.07) is 11.0. The van der Waals surface area contributed by atoms with Crippen LogP contribution in [0.2, 0.25) is 5.02 Å². The first-order valence-electron chi connectivity index (χ1n) is 8.97. The van der Waals surface area contributed by atoms with Crippen molar-refractivity contribution in [2.24, 2.45) is 0 Å². The maximum atomic E-state index is 13.6. The number of nitrogens with zero attached hydrogens (tertiary/aromatic N) is 3. The molecule has 8 heteroatoms. The smallest absolute Gasteiger partial charge is 0.351 e. The zero-order chi connectivity index (χ0) is 21.1. The second kappa shape index (κ2) is 8.45. The number of nitrogens with one attached hydrogen (secondary N) is 1. The van der Waals surface area contributed by atoms with Crippen molar-refractivity contribution in [3.63, 3.8) is 0 Å². The van der Waals surface area contributed by atoms with Gasteiger partial charge in [-0.25, -0.2) is 9.18 Å². The molecule has 0 saturated carbocycles. The van der Waals surface area contributed by atoms with E-state index in [0.29, 0.717) is 11.3 Å². The van der Waals surface area contributed by atoms with Crippen molar-refractivity contribution in [1.29, 1.82) is 0 Å². The van der Waals surface area contributed by atoms with Gasteiger partial charge in [0.05, 0.1) is 10.7 Å². The summed E-state index contributed by atoms with van der Waals surface area (Å²) in [6.45, 7) is 7.13. The van der Waals surface area contributed by atoms with Crippen LogP contribution in [0.15, 0.2) is 53.8 Å². The third-order valence-corrected chi connectivity index (χ3v) is 4.45. The first kappa shape index (κ1) is 20.5. The quantitative estimate of drug-likeness (QED) is 0.669. The lowest BCUT2D eigenvalue weighted by molar-refractivity contribution is -0.122. The average Bonchev–Trinajstić information content (AvgIpc) is 3.00. The maximum absolute atomic E-state index is 13.6. The number of aromatic nitrogens is 3. The molecule has 6 nitrogen and oxygen atoms in total. The molecule has 0 saturated heterocycles. The number of hydrogen-bond acceptors (Lipinski definition) is 3. The third-order valence-electron chi connectivity index (χ3n) is 4.17. The average molecular weight is 415 g/mol. The van der Waals surface area contributed by atoms with Gasteiger partial charge >= 0.3 is 5.69 Å². The van der Waals surface area contributed by atoms with Crippen LogP contribution < -0.4 is 11.0 Å². The van der Waals surface area contributed by atoms with Gasteiger partial charge in [-0.2, -0.15) is 4.68 Å². The Balaban J connectivity index is 2.13. The topological polar surface area (TPSA) is 68.9 Å². The molecule has 3 rings (SSSR count). The molecule has 2 aromatic carbocycles. The molecule has 0 atom stereocenters. The van der Waals surface area contributed by atoms with Gasteiger partial charge in [0.15, 0.2) is 5.82 Å². The molecular weight excluding hydrogens is 395 g/mol. The highest BCUT2D eigenvalue weighted by molar-refractivity contribution is 6.31. The molecule has 0 aliphatic rings. The van der Waals surface area contributed by atoms with Gasteiger partial charge < -0.3 is 5.32 Å². The fourth-order valence-electron chi connectivity index (χ4n) is 2.82. The summed E-state index contributed by atoms with van der Waals surface area (Å²) in [4.78, 5) is 25.4. The van der Waals surface area contributed by atoms with Crippen molar-refractivity contribution < 1.29 is 9.18 Å². The minimum absolute atomic E-state index is 0.0802. The van der Waals surface area contributed by atoms with Crippen molar-refractivity contribution in [2.45, 2.75) is 26.4 Å². The van der Waals surface area contributed by atoms with E-state index in [-0.39, 0.29) is 29.3 Å². The van der Waals surface area contributed by atoms with Crippen molar-refractivity contribution in [2.75, 3.05) is 0 Å². The van der Waals surface area contributed by atoms with Crippen LogP contribution in [0.1, 0.15) is 19.4 Å². The number of benzene rings is 2. The number of amides is 1. The van der Waals surface area contributed by atoms with Crippen LogP contribution in [0, 0.1) is 5.82 Å². The summed E-state index contributed by atoms with van der Waals surface area (Å²) in [5.41, 5.74) is 1.35. The minimum atomic E-state index is -0.582. The van der Waals surface area contributed by atoms with Crippen LogP contribution in [-0.4, -0.2) is 26.3 Å². The van der Waals surface area contributed by atoms with Gasteiger partial charge in [0.1, 0.15) is 12.4 Å². The Hall–Kier alpha value is -3.19. The van der Waals surface area contributed by atoms with Crippen LogP contribution in [0.5, 0.6) is 0 Å². The molecule has 0 aliphatic carbocycles. The number of carbonyl (C=O) groups excluding carboxylic acids is 1. The number of rotatable bonds is 6. The molecule has 1 aromatic heterocycles. The monoisotopic (exact) mass is 414 g/mol. The standard InChI is InChI=1S/C21H20ClFN4O2/c1-4-14-5-8-16(9-6-14)27-21(29)26(12-19(28)24-13(2)3)20(25-27)15-7-10-18(23)17(22)11-15/h4-11,13H,1,12H2,2-3H3,(H,24,28). The highest BCUT2D eigenvalue weighted by Crippen LogP contribution is 2.23.